The number of hydrogen-bond acceptors (Lipinski definition) is 7. The van der Waals surface area contributed by atoms with Gasteiger partial charge in [0.15, 0.2) is 11.6 Å². The smallest absolute Gasteiger partial charge is 0.180 e. The number of benzene rings is 3. The molecule has 1 heterocycles. The number of rotatable bonds is 8. The van der Waals surface area contributed by atoms with Crippen molar-refractivity contribution in [1.29, 1.82) is 0 Å². The van der Waals surface area contributed by atoms with Gasteiger partial charge in [0.05, 0.1) is 11.1 Å². The number of carbonyl (C=O) groups excluding carboxylic acids is 1. The Bertz CT molecular complexity index is 1480. The van der Waals surface area contributed by atoms with Gasteiger partial charge in [-0.15, -0.1) is 4.40 Å². The molecule has 0 spiro atoms. The van der Waals surface area contributed by atoms with E-state index in [-0.39, 0.29) is 27.7 Å². The molecule has 1 aliphatic carbocycles. The molecule has 0 fully saturated rings. The molecular formula is C30H31FN2O5S. The lowest BCUT2D eigenvalue weighted by Crippen LogP contribution is -2.44. The first-order valence-corrected chi connectivity index (χ1v) is 14.5. The number of ether oxygens (including phenoxy) is 1. The Hall–Kier alpha value is -3.66. The molecule has 0 saturated heterocycles. The van der Waals surface area contributed by atoms with Crippen molar-refractivity contribution in [1.82, 2.24) is 0 Å². The summed E-state index contributed by atoms with van der Waals surface area (Å²) in [5.41, 5.74) is 0.881. The van der Waals surface area contributed by atoms with Gasteiger partial charge in [-0.1, -0.05) is 73.9 Å². The number of carbonyl (C=O) groups is 1. The molecule has 0 atom stereocenters. The second-order valence-corrected chi connectivity index (χ2v) is 11.5. The van der Waals surface area contributed by atoms with Gasteiger partial charge in [-0.2, -0.15) is 0 Å². The van der Waals surface area contributed by atoms with Crippen molar-refractivity contribution in [2.75, 3.05) is 5.32 Å². The SMILES string of the molecule is CCCC1(CCC)C(=O)C(C2=NS(O)(O)c3cc(OCc4ccccc4)ccc3N2)=C(O)c2cc(F)ccc21. The lowest BCUT2D eigenvalue weighted by molar-refractivity contribution is -0.121. The van der Waals surface area contributed by atoms with Crippen molar-refractivity contribution in [3.63, 3.8) is 0 Å². The molecule has 204 valence electrons. The Balaban J connectivity index is 1.55. The van der Waals surface area contributed by atoms with E-state index in [1.54, 1.807) is 18.2 Å². The minimum Gasteiger partial charge on any atom is -0.506 e. The van der Waals surface area contributed by atoms with Crippen molar-refractivity contribution in [3.8, 4) is 5.75 Å². The zero-order valence-corrected chi connectivity index (χ0v) is 22.6. The van der Waals surface area contributed by atoms with Gasteiger partial charge in [-0.05, 0) is 48.2 Å². The highest BCUT2D eigenvalue weighted by atomic mass is 32.3. The largest absolute Gasteiger partial charge is 0.506 e. The van der Waals surface area contributed by atoms with Crippen LogP contribution in [0.5, 0.6) is 5.75 Å². The molecule has 4 N–H and O–H groups in total. The van der Waals surface area contributed by atoms with E-state index in [0.717, 1.165) is 5.56 Å². The topological polar surface area (TPSA) is 111 Å². The number of nitrogens with one attached hydrogen (secondary N) is 1. The summed E-state index contributed by atoms with van der Waals surface area (Å²) in [6, 6.07) is 18.4. The van der Waals surface area contributed by atoms with Crippen molar-refractivity contribution in [3.05, 3.63) is 94.8 Å². The molecule has 3 aromatic carbocycles. The van der Waals surface area contributed by atoms with Crippen molar-refractivity contribution in [2.45, 2.75) is 56.4 Å². The Kier molecular flexibility index (Phi) is 7.24. The maximum atomic E-state index is 14.3. The molecule has 7 nitrogen and oxygen atoms in total. The normalized spacial score (nSPS) is 18.0. The highest BCUT2D eigenvalue weighted by molar-refractivity contribution is 8.23. The molecular weight excluding hydrogens is 519 g/mol. The van der Waals surface area contributed by atoms with E-state index in [4.69, 9.17) is 4.74 Å². The van der Waals surface area contributed by atoms with Crippen LogP contribution in [-0.4, -0.2) is 25.8 Å². The number of amidine groups is 1. The van der Waals surface area contributed by atoms with E-state index < -0.39 is 27.8 Å². The average Bonchev–Trinajstić information content (AvgIpc) is 2.91. The van der Waals surface area contributed by atoms with Crippen molar-refractivity contribution >= 4 is 33.8 Å². The first-order valence-electron chi connectivity index (χ1n) is 12.9. The number of Topliss-reactive ketones (excluding diaryl/α,β-unsaturated/α-hetero) is 1. The summed E-state index contributed by atoms with van der Waals surface area (Å²) in [5.74, 6) is -1.11. The van der Waals surface area contributed by atoms with Crippen LogP contribution in [0.15, 0.2) is 81.6 Å². The third-order valence-corrected chi connectivity index (χ3v) is 8.57. The van der Waals surface area contributed by atoms with E-state index in [2.05, 4.69) is 9.71 Å². The lowest BCUT2D eigenvalue weighted by atomic mass is 9.63. The molecule has 39 heavy (non-hydrogen) atoms. The Labute approximate surface area is 228 Å². The number of ketones is 1. The van der Waals surface area contributed by atoms with Crippen LogP contribution in [0, 0.1) is 5.82 Å². The fraction of sp³-hybridized carbons (Fsp3) is 0.267. The maximum absolute atomic E-state index is 14.3. The standard InChI is InChI=1S/C30H31FN2O5S/c1-3-14-30(15-4-2)23-12-10-20(31)16-22(23)27(34)26(28(30)35)29-32-24-13-11-21(17-25(24)39(36,37)33-29)38-18-19-8-6-5-7-9-19/h5-13,16-17,34,36-37H,3-4,14-15,18H2,1-2H3,(H,32,33). The molecule has 0 bridgehead atoms. The van der Waals surface area contributed by atoms with E-state index in [1.165, 1.54) is 18.2 Å². The van der Waals surface area contributed by atoms with Gasteiger partial charge in [0.1, 0.15) is 34.4 Å². The van der Waals surface area contributed by atoms with Gasteiger partial charge in [-0.25, -0.2) is 4.39 Å². The summed E-state index contributed by atoms with van der Waals surface area (Å²) in [4.78, 5) is 14.3. The van der Waals surface area contributed by atoms with Crippen LogP contribution in [0.3, 0.4) is 0 Å². The molecule has 9 heteroatoms. The van der Waals surface area contributed by atoms with Crippen LogP contribution in [0.2, 0.25) is 0 Å². The van der Waals surface area contributed by atoms with Crippen LogP contribution < -0.4 is 10.1 Å². The summed E-state index contributed by atoms with van der Waals surface area (Å²) in [7, 11) is -3.77. The lowest BCUT2D eigenvalue weighted by Gasteiger charge is -2.40. The summed E-state index contributed by atoms with van der Waals surface area (Å²) < 4.78 is 46.4. The minimum absolute atomic E-state index is 0.111. The molecule has 0 radical (unpaired) electrons. The van der Waals surface area contributed by atoms with Gasteiger partial charge in [0.2, 0.25) is 0 Å². The van der Waals surface area contributed by atoms with Crippen LogP contribution in [-0.2, 0) is 16.8 Å². The molecule has 3 aromatic rings. The molecule has 1 aliphatic heterocycles. The van der Waals surface area contributed by atoms with Crippen LogP contribution >= 0.6 is 10.8 Å². The van der Waals surface area contributed by atoms with Crippen LogP contribution in [0.4, 0.5) is 10.1 Å². The molecule has 5 rings (SSSR count). The predicted molar refractivity (Wildman–Crippen MR) is 152 cm³/mol. The summed E-state index contributed by atoms with van der Waals surface area (Å²) in [5, 5.41) is 14.3. The number of aliphatic hydroxyl groups excluding tert-OH is 1. The number of anilines is 1. The minimum atomic E-state index is -3.77. The Morgan fingerprint density at radius 2 is 1.72 bits per heavy atom. The first-order chi connectivity index (χ1) is 18.7. The van der Waals surface area contributed by atoms with Gasteiger partial charge < -0.3 is 15.2 Å². The highest BCUT2D eigenvalue weighted by Crippen LogP contribution is 2.57. The zero-order chi connectivity index (χ0) is 27.8. The van der Waals surface area contributed by atoms with Crippen molar-refractivity contribution < 1.29 is 28.1 Å². The van der Waals surface area contributed by atoms with E-state index in [0.29, 0.717) is 49.3 Å². The van der Waals surface area contributed by atoms with Gasteiger partial charge in [0, 0.05) is 11.6 Å². The fourth-order valence-corrected chi connectivity index (χ4v) is 6.70. The quantitative estimate of drug-likeness (QED) is 0.229. The predicted octanol–water partition coefficient (Wildman–Crippen LogP) is 7.64. The first kappa shape index (κ1) is 26.9. The second kappa shape index (κ2) is 10.5. The average molecular weight is 551 g/mol. The molecule has 0 amide bonds. The molecule has 0 saturated carbocycles. The van der Waals surface area contributed by atoms with Crippen LogP contribution in [0.1, 0.15) is 56.2 Å². The third kappa shape index (κ3) is 4.82. The van der Waals surface area contributed by atoms with E-state index >= 15 is 0 Å². The van der Waals surface area contributed by atoms with Crippen molar-refractivity contribution in [2.24, 2.45) is 4.40 Å². The third-order valence-electron chi connectivity index (χ3n) is 7.21. The monoisotopic (exact) mass is 550 g/mol. The van der Waals surface area contributed by atoms with Gasteiger partial charge >= 0.3 is 0 Å². The number of fused-ring (bicyclic) bond motifs is 2. The van der Waals surface area contributed by atoms with E-state index in [1.807, 2.05) is 44.2 Å². The molecule has 2 aliphatic rings. The fourth-order valence-electron chi connectivity index (χ4n) is 5.53. The van der Waals surface area contributed by atoms with Gasteiger partial charge in [0.25, 0.3) is 0 Å². The van der Waals surface area contributed by atoms with Gasteiger partial charge in [-0.3, -0.25) is 13.9 Å². The number of halogens is 1. The Morgan fingerprint density at radius 3 is 2.41 bits per heavy atom. The van der Waals surface area contributed by atoms with E-state index in [9.17, 15) is 23.4 Å². The second-order valence-electron chi connectivity index (χ2n) is 9.84. The summed E-state index contributed by atoms with van der Waals surface area (Å²) >= 11 is 0. The number of aliphatic hydroxyl groups is 1. The summed E-state index contributed by atoms with van der Waals surface area (Å²) in [6.45, 7) is 4.22. The number of nitrogens with zero attached hydrogens (tertiary/aromatic N) is 1. The number of hydrogen-bond donors (Lipinski definition) is 4. The Morgan fingerprint density at radius 1 is 1.00 bits per heavy atom. The molecule has 0 aromatic heterocycles. The summed E-state index contributed by atoms with van der Waals surface area (Å²) in [6.07, 6.45) is 2.33. The van der Waals surface area contributed by atoms with Crippen LogP contribution in [0.25, 0.3) is 5.76 Å². The highest BCUT2D eigenvalue weighted by Gasteiger charge is 2.48. The molecule has 0 unspecified atom stereocenters. The maximum Gasteiger partial charge on any atom is 0.180 e. The zero-order valence-electron chi connectivity index (χ0n) is 21.8.